The van der Waals surface area contributed by atoms with Crippen molar-refractivity contribution in [2.45, 2.75) is 30.7 Å². The summed E-state index contributed by atoms with van der Waals surface area (Å²) in [5.41, 5.74) is -1.03. The van der Waals surface area contributed by atoms with Crippen LogP contribution in [0.4, 0.5) is 9.59 Å². The number of hydrogen-bond donors (Lipinski definition) is 4. The van der Waals surface area contributed by atoms with Gasteiger partial charge in [-0.25, -0.2) is 18.0 Å². The fourth-order valence-electron chi connectivity index (χ4n) is 2.65. The van der Waals surface area contributed by atoms with Crippen LogP contribution < -0.4 is 21.3 Å². The van der Waals surface area contributed by atoms with Crippen LogP contribution in [-0.2, 0) is 24.4 Å². The van der Waals surface area contributed by atoms with E-state index in [1.165, 1.54) is 12.5 Å². The van der Waals surface area contributed by atoms with Crippen LogP contribution >= 0.6 is 22.4 Å². The van der Waals surface area contributed by atoms with Gasteiger partial charge in [0.05, 0.1) is 5.75 Å². The Labute approximate surface area is 182 Å². The maximum absolute atomic E-state index is 11.5. The first kappa shape index (κ1) is 24.0. The molecule has 6 amide bonds. The van der Waals surface area contributed by atoms with Crippen molar-refractivity contribution in [1.82, 2.24) is 21.3 Å². The highest BCUT2D eigenvalue weighted by Crippen LogP contribution is 2.20. The molecule has 4 N–H and O–H groups in total. The summed E-state index contributed by atoms with van der Waals surface area (Å²) >= 11 is 1.63. The number of amides is 6. The number of carbonyl (C=O) groups is 4. The van der Waals surface area contributed by atoms with Gasteiger partial charge in [-0.05, 0) is 19.4 Å². The zero-order valence-corrected chi connectivity index (χ0v) is 18.5. The maximum atomic E-state index is 11.5. The van der Waals surface area contributed by atoms with Crippen molar-refractivity contribution in [3.05, 3.63) is 35.9 Å². The Balaban J connectivity index is 0.000000222. The second-order valence-corrected chi connectivity index (χ2v) is 10.9. The van der Waals surface area contributed by atoms with E-state index in [4.69, 9.17) is 10.7 Å². The van der Waals surface area contributed by atoms with Crippen LogP contribution in [0.2, 0.25) is 0 Å². The molecule has 1 aromatic carbocycles. The number of benzene rings is 1. The van der Waals surface area contributed by atoms with Gasteiger partial charge < -0.3 is 10.6 Å². The molecule has 1 aromatic rings. The molecule has 0 bridgehead atoms. The topological polar surface area (TPSA) is 151 Å². The summed E-state index contributed by atoms with van der Waals surface area (Å²) in [5.74, 6) is -0.164. The molecule has 2 saturated heterocycles. The van der Waals surface area contributed by atoms with Crippen molar-refractivity contribution in [2.75, 3.05) is 11.5 Å². The van der Waals surface area contributed by atoms with Crippen LogP contribution in [0.1, 0.15) is 19.4 Å². The van der Waals surface area contributed by atoms with Gasteiger partial charge >= 0.3 is 12.1 Å². The maximum Gasteiger partial charge on any atom is 0.322 e. The van der Waals surface area contributed by atoms with Gasteiger partial charge in [-0.1, -0.05) is 30.3 Å². The summed E-state index contributed by atoms with van der Waals surface area (Å²) in [4.78, 5) is 44.3. The van der Waals surface area contributed by atoms with Gasteiger partial charge in [-0.2, -0.15) is 11.8 Å². The fraction of sp³-hybridized carbons (Fsp3) is 0.412. The molecule has 10 nitrogen and oxygen atoms in total. The Morgan fingerprint density at radius 2 is 1.40 bits per heavy atom. The van der Waals surface area contributed by atoms with Gasteiger partial charge in [0.15, 0.2) is 0 Å². The lowest BCUT2D eigenvalue weighted by Gasteiger charge is -2.19. The highest BCUT2D eigenvalue weighted by atomic mass is 35.7. The van der Waals surface area contributed by atoms with Gasteiger partial charge in [-0.3, -0.25) is 20.2 Å². The van der Waals surface area contributed by atoms with Gasteiger partial charge in [0.1, 0.15) is 11.1 Å². The van der Waals surface area contributed by atoms with Crippen molar-refractivity contribution in [1.29, 1.82) is 0 Å². The van der Waals surface area contributed by atoms with Crippen molar-refractivity contribution in [3.63, 3.8) is 0 Å². The number of carbonyl (C=O) groups excluding carboxylic acids is 4. The zero-order valence-electron chi connectivity index (χ0n) is 16.2. The Kier molecular flexibility index (Phi) is 7.37. The minimum absolute atomic E-state index is 0.247. The smallest absolute Gasteiger partial charge is 0.322 e. The summed E-state index contributed by atoms with van der Waals surface area (Å²) in [6, 6.07) is 8.92. The zero-order chi connectivity index (χ0) is 22.6. The van der Waals surface area contributed by atoms with Crippen LogP contribution in [0.3, 0.4) is 0 Å². The van der Waals surface area contributed by atoms with E-state index >= 15 is 0 Å². The van der Waals surface area contributed by atoms with Gasteiger partial charge in [-0.15, -0.1) is 0 Å². The quantitative estimate of drug-likeness (QED) is 0.348. The first-order chi connectivity index (χ1) is 13.8. The van der Waals surface area contributed by atoms with Crippen LogP contribution in [0.25, 0.3) is 0 Å². The largest absolute Gasteiger partial charge is 0.323 e. The van der Waals surface area contributed by atoms with E-state index in [9.17, 15) is 27.6 Å². The first-order valence-electron chi connectivity index (χ1n) is 8.64. The number of rotatable bonds is 6. The molecule has 0 aliphatic carbocycles. The van der Waals surface area contributed by atoms with E-state index in [1.807, 2.05) is 35.6 Å². The highest BCUT2D eigenvalue weighted by Gasteiger charge is 2.45. The van der Waals surface area contributed by atoms with Crippen molar-refractivity contribution >= 4 is 55.4 Å². The molecule has 164 valence electrons. The molecule has 0 spiro atoms. The SMILES string of the molecule is C[C@]1(CS(=O)(=O)Cl)NC(=O)NC1=O.C[C@]1(CSCc2ccccc2)NC(=O)NC1=O. The van der Waals surface area contributed by atoms with Crippen molar-refractivity contribution in [3.8, 4) is 0 Å². The second-order valence-electron chi connectivity index (χ2n) is 7.14. The fourth-order valence-corrected chi connectivity index (χ4v) is 5.34. The molecular formula is C17H21ClN4O6S2. The van der Waals surface area contributed by atoms with Crippen LogP contribution in [-0.4, -0.2) is 54.9 Å². The molecule has 2 atom stereocenters. The van der Waals surface area contributed by atoms with Crippen LogP contribution in [0.5, 0.6) is 0 Å². The molecule has 2 aliphatic heterocycles. The molecule has 0 saturated carbocycles. The molecule has 0 unspecified atom stereocenters. The van der Waals surface area contributed by atoms with E-state index in [1.54, 1.807) is 18.7 Å². The predicted octanol–water partition coefficient (Wildman–Crippen LogP) is 0.671. The number of imide groups is 2. The molecule has 2 aliphatic rings. The van der Waals surface area contributed by atoms with E-state index in [0.29, 0.717) is 5.75 Å². The summed E-state index contributed by atoms with van der Waals surface area (Å²) in [6.07, 6.45) is 0. The van der Waals surface area contributed by atoms with Gasteiger partial charge in [0, 0.05) is 22.2 Å². The Hall–Kier alpha value is -2.31. The number of thioether (sulfide) groups is 1. The average Bonchev–Trinajstić information content (AvgIpc) is 3.00. The van der Waals surface area contributed by atoms with Crippen LogP contribution in [0, 0.1) is 0 Å². The number of nitrogens with one attached hydrogen (secondary N) is 4. The molecule has 0 radical (unpaired) electrons. The Morgan fingerprint density at radius 1 is 0.900 bits per heavy atom. The molecule has 2 fully saturated rings. The molecule has 2 heterocycles. The molecule has 30 heavy (non-hydrogen) atoms. The third-order valence-electron chi connectivity index (χ3n) is 4.20. The third-order valence-corrected chi connectivity index (χ3v) is 6.77. The van der Waals surface area contributed by atoms with Gasteiger partial charge in [0.2, 0.25) is 9.05 Å². The summed E-state index contributed by atoms with van der Waals surface area (Å²) < 4.78 is 21.4. The molecule has 0 aromatic heterocycles. The number of urea groups is 2. The molecule has 13 heteroatoms. The lowest BCUT2D eigenvalue weighted by Crippen LogP contribution is -2.48. The minimum Gasteiger partial charge on any atom is -0.323 e. The summed E-state index contributed by atoms with van der Waals surface area (Å²) in [6.45, 7) is 3.03. The monoisotopic (exact) mass is 476 g/mol. The van der Waals surface area contributed by atoms with E-state index < -0.39 is 43.9 Å². The summed E-state index contributed by atoms with van der Waals surface area (Å²) in [5, 5.41) is 8.99. The van der Waals surface area contributed by atoms with Crippen molar-refractivity contribution in [2.24, 2.45) is 0 Å². The predicted molar refractivity (Wildman–Crippen MR) is 112 cm³/mol. The number of hydrogen-bond acceptors (Lipinski definition) is 7. The first-order valence-corrected chi connectivity index (χ1v) is 12.3. The van der Waals surface area contributed by atoms with Gasteiger partial charge in [0.25, 0.3) is 11.8 Å². The molecular weight excluding hydrogens is 456 g/mol. The second kappa shape index (κ2) is 9.23. The molecule has 3 rings (SSSR count). The van der Waals surface area contributed by atoms with E-state index in [2.05, 4.69) is 16.0 Å². The minimum atomic E-state index is -3.83. The lowest BCUT2D eigenvalue weighted by atomic mass is 10.1. The highest BCUT2D eigenvalue weighted by molar-refractivity contribution is 8.13. The average molecular weight is 477 g/mol. The van der Waals surface area contributed by atoms with Crippen molar-refractivity contribution < 1.29 is 27.6 Å². The Bertz CT molecular complexity index is 958. The van der Waals surface area contributed by atoms with E-state index in [0.717, 1.165) is 5.75 Å². The lowest BCUT2D eigenvalue weighted by molar-refractivity contribution is -0.123. The normalized spacial score (nSPS) is 25.6. The van der Waals surface area contributed by atoms with E-state index in [-0.39, 0.29) is 5.91 Å². The third kappa shape index (κ3) is 6.61. The standard InChI is InChI=1S/C12H14N2O2S.C5H7ClN2O4S/c1-12(10(15)13-11(16)14-12)8-17-7-9-5-3-2-4-6-9;1-5(2-13(6,11)12)3(9)7-4(10)8-5/h2-6H,7-8H2,1H3,(H2,13,14,15,16);2H2,1H3,(H2,7,8,9,10)/t12-;5-/m11/s1. The Morgan fingerprint density at radius 3 is 1.83 bits per heavy atom. The van der Waals surface area contributed by atoms with Crippen LogP contribution in [0.15, 0.2) is 30.3 Å². The number of halogens is 1. The summed E-state index contributed by atoms with van der Waals surface area (Å²) in [7, 11) is 1.13.